The van der Waals surface area contributed by atoms with Crippen LogP contribution in [0.5, 0.6) is 0 Å². The Hall–Kier alpha value is -0.930. The SMILES string of the molecule is CC1(C)CNCCN(Cc2ccccc2F)C1. The fourth-order valence-corrected chi connectivity index (χ4v) is 2.41. The molecule has 0 radical (unpaired) electrons. The highest BCUT2D eigenvalue weighted by molar-refractivity contribution is 5.17. The summed E-state index contributed by atoms with van der Waals surface area (Å²) < 4.78 is 13.6. The van der Waals surface area contributed by atoms with E-state index in [9.17, 15) is 4.39 Å². The molecule has 1 saturated heterocycles. The van der Waals surface area contributed by atoms with Gasteiger partial charge in [0.25, 0.3) is 0 Å². The molecule has 0 saturated carbocycles. The lowest BCUT2D eigenvalue weighted by atomic mass is 9.93. The van der Waals surface area contributed by atoms with Crippen LogP contribution < -0.4 is 5.32 Å². The van der Waals surface area contributed by atoms with Crippen LogP contribution >= 0.6 is 0 Å². The molecular weight excluding hydrogens is 215 g/mol. The van der Waals surface area contributed by atoms with Crippen LogP contribution in [0.3, 0.4) is 0 Å². The summed E-state index contributed by atoms with van der Waals surface area (Å²) in [5.41, 5.74) is 1.05. The normalized spacial score (nSPS) is 21.1. The van der Waals surface area contributed by atoms with Crippen LogP contribution in [0.4, 0.5) is 4.39 Å². The van der Waals surface area contributed by atoms with E-state index in [4.69, 9.17) is 0 Å². The lowest BCUT2D eigenvalue weighted by molar-refractivity contribution is 0.198. The first-order chi connectivity index (χ1) is 8.07. The molecule has 0 spiro atoms. The van der Waals surface area contributed by atoms with E-state index >= 15 is 0 Å². The van der Waals surface area contributed by atoms with E-state index in [1.54, 1.807) is 6.07 Å². The molecule has 0 aliphatic carbocycles. The summed E-state index contributed by atoms with van der Waals surface area (Å²) in [5, 5.41) is 3.43. The van der Waals surface area contributed by atoms with Crippen molar-refractivity contribution in [3.8, 4) is 0 Å². The Morgan fingerprint density at radius 2 is 2.12 bits per heavy atom. The average molecular weight is 236 g/mol. The van der Waals surface area contributed by atoms with Gasteiger partial charge in [-0.3, -0.25) is 4.90 Å². The highest BCUT2D eigenvalue weighted by atomic mass is 19.1. The molecule has 0 unspecified atom stereocenters. The molecule has 94 valence electrons. The van der Waals surface area contributed by atoms with Crippen LogP contribution in [0.2, 0.25) is 0 Å². The van der Waals surface area contributed by atoms with Crippen molar-refractivity contribution in [1.82, 2.24) is 10.2 Å². The first kappa shape index (κ1) is 12.5. The lowest BCUT2D eigenvalue weighted by Gasteiger charge is -2.29. The van der Waals surface area contributed by atoms with Crippen molar-refractivity contribution in [3.63, 3.8) is 0 Å². The van der Waals surface area contributed by atoms with E-state index in [2.05, 4.69) is 24.1 Å². The van der Waals surface area contributed by atoms with Gasteiger partial charge in [-0.1, -0.05) is 32.0 Å². The zero-order valence-electron chi connectivity index (χ0n) is 10.7. The van der Waals surface area contributed by atoms with Crippen molar-refractivity contribution >= 4 is 0 Å². The molecule has 2 nitrogen and oxygen atoms in total. The Labute approximate surface area is 103 Å². The number of nitrogens with one attached hydrogen (secondary N) is 1. The minimum atomic E-state index is -0.0949. The largest absolute Gasteiger partial charge is 0.315 e. The molecule has 1 aromatic carbocycles. The van der Waals surface area contributed by atoms with Crippen molar-refractivity contribution in [3.05, 3.63) is 35.6 Å². The number of hydrogen-bond acceptors (Lipinski definition) is 2. The van der Waals surface area contributed by atoms with E-state index in [0.717, 1.165) is 31.7 Å². The molecule has 2 rings (SSSR count). The van der Waals surface area contributed by atoms with Crippen LogP contribution in [-0.4, -0.2) is 31.1 Å². The second-order valence-electron chi connectivity index (χ2n) is 5.64. The molecule has 3 heteroatoms. The Bertz CT molecular complexity index is 376. The molecule has 0 amide bonds. The molecule has 1 fully saturated rings. The molecule has 0 atom stereocenters. The minimum Gasteiger partial charge on any atom is -0.315 e. The molecule has 1 aliphatic rings. The van der Waals surface area contributed by atoms with Crippen molar-refractivity contribution in [2.45, 2.75) is 20.4 Å². The van der Waals surface area contributed by atoms with Gasteiger partial charge in [-0.15, -0.1) is 0 Å². The van der Waals surface area contributed by atoms with Gasteiger partial charge in [0.15, 0.2) is 0 Å². The highest BCUT2D eigenvalue weighted by Crippen LogP contribution is 2.20. The van der Waals surface area contributed by atoms with Gasteiger partial charge in [0.1, 0.15) is 5.82 Å². The molecule has 1 heterocycles. The molecule has 1 aromatic rings. The summed E-state index contributed by atoms with van der Waals surface area (Å²) >= 11 is 0. The highest BCUT2D eigenvalue weighted by Gasteiger charge is 2.24. The zero-order valence-corrected chi connectivity index (χ0v) is 10.7. The third-order valence-corrected chi connectivity index (χ3v) is 3.21. The summed E-state index contributed by atoms with van der Waals surface area (Å²) in [6, 6.07) is 7.06. The molecule has 0 bridgehead atoms. The van der Waals surface area contributed by atoms with Crippen LogP contribution in [0, 0.1) is 11.2 Å². The lowest BCUT2D eigenvalue weighted by Crippen LogP contribution is -2.34. The van der Waals surface area contributed by atoms with Crippen molar-refractivity contribution in [2.24, 2.45) is 5.41 Å². The number of benzene rings is 1. The molecule has 1 aliphatic heterocycles. The zero-order chi connectivity index (χ0) is 12.3. The molecular formula is C14H21FN2. The predicted octanol–water partition coefficient (Wildman–Crippen LogP) is 2.26. The van der Waals surface area contributed by atoms with Crippen LogP contribution in [0.15, 0.2) is 24.3 Å². The van der Waals surface area contributed by atoms with Gasteiger partial charge < -0.3 is 5.32 Å². The molecule has 0 aromatic heterocycles. The monoisotopic (exact) mass is 236 g/mol. The summed E-state index contributed by atoms with van der Waals surface area (Å²) in [6.07, 6.45) is 0. The van der Waals surface area contributed by atoms with Gasteiger partial charge in [0.05, 0.1) is 0 Å². The first-order valence-corrected chi connectivity index (χ1v) is 6.23. The average Bonchev–Trinajstić information content (AvgIpc) is 2.43. The second-order valence-corrected chi connectivity index (χ2v) is 5.64. The van der Waals surface area contributed by atoms with E-state index in [0.29, 0.717) is 6.54 Å². The fourth-order valence-electron chi connectivity index (χ4n) is 2.41. The first-order valence-electron chi connectivity index (χ1n) is 6.23. The van der Waals surface area contributed by atoms with Crippen LogP contribution in [0.1, 0.15) is 19.4 Å². The van der Waals surface area contributed by atoms with Gasteiger partial charge >= 0.3 is 0 Å². The van der Waals surface area contributed by atoms with Gasteiger partial charge in [-0.2, -0.15) is 0 Å². The fraction of sp³-hybridized carbons (Fsp3) is 0.571. The number of rotatable bonds is 2. The summed E-state index contributed by atoms with van der Waals surface area (Å²) in [6.45, 7) is 9.21. The topological polar surface area (TPSA) is 15.3 Å². The molecule has 1 N–H and O–H groups in total. The van der Waals surface area contributed by atoms with Gasteiger partial charge in [-0.05, 0) is 11.5 Å². The Kier molecular flexibility index (Phi) is 3.79. The van der Waals surface area contributed by atoms with Gasteiger partial charge in [0.2, 0.25) is 0 Å². The van der Waals surface area contributed by atoms with Crippen LogP contribution in [0.25, 0.3) is 0 Å². The summed E-state index contributed by atoms with van der Waals surface area (Å²) in [4.78, 5) is 2.33. The van der Waals surface area contributed by atoms with E-state index in [1.807, 2.05) is 12.1 Å². The van der Waals surface area contributed by atoms with E-state index in [-0.39, 0.29) is 11.2 Å². The smallest absolute Gasteiger partial charge is 0.127 e. The minimum absolute atomic E-state index is 0.0949. The predicted molar refractivity (Wildman–Crippen MR) is 68.3 cm³/mol. The third kappa shape index (κ3) is 3.51. The standard InChI is InChI=1S/C14H21FN2/c1-14(2)10-16-7-8-17(11-14)9-12-5-3-4-6-13(12)15/h3-6,16H,7-11H2,1-2H3. The number of halogens is 1. The maximum absolute atomic E-state index is 13.6. The van der Waals surface area contributed by atoms with Crippen molar-refractivity contribution in [2.75, 3.05) is 26.2 Å². The quantitative estimate of drug-likeness (QED) is 0.847. The Morgan fingerprint density at radius 3 is 2.88 bits per heavy atom. The maximum atomic E-state index is 13.6. The molecule has 17 heavy (non-hydrogen) atoms. The Morgan fingerprint density at radius 1 is 1.35 bits per heavy atom. The number of hydrogen-bond donors (Lipinski definition) is 1. The summed E-state index contributed by atoms with van der Waals surface area (Å²) in [7, 11) is 0. The third-order valence-electron chi connectivity index (χ3n) is 3.21. The summed E-state index contributed by atoms with van der Waals surface area (Å²) in [5.74, 6) is -0.0949. The van der Waals surface area contributed by atoms with Gasteiger partial charge in [-0.25, -0.2) is 4.39 Å². The van der Waals surface area contributed by atoms with E-state index in [1.165, 1.54) is 6.07 Å². The second kappa shape index (κ2) is 5.15. The number of nitrogens with zero attached hydrogens (tertiary/aromatic N) is 1. The van der Waals surface area contributed by atoms with Crippen LogP contribution in [-0.2, 0) is 6.54 Å². The maximum Gasteiger partial charge on any atom is 0.127 e. The Balaban J connectivity index is 2.05. The van der Waals surface area contributed by atoms with Crippen molar-refractivity contribution in [1.29, 1.82) is 0 Å². The van der Waals surface area contributed by atoms with Crippen molar-refractivity contribution < 1.29 is 4.39 Å². The van der Waals surface area contributed by atoms with E-state index < -0.39 is 0 Å². The van der Waals surface area contributed by atoms with Gasteiger partial charge in [0, 0.05) is 38.3 Å².